The standard InChI is InChI=1S/C14H23N3O2/c1-16(2)8-5-9-19-14(18)11-6-7-13(17(3)4)12(15)10-11/h6-7,10H,5,8-9,15H2,1-4H3. The smallest absolute Gasteiger partial charge is 0.338 e. The molecule has 2 N–H and O–H groups in total. The van der Waals surface area contributed by atoms with Crippen molar-refractivity contribution >= 4 is 17.3 Å². The van der Waals surface area contributed by atoms with Gasteiger partial charge in [-0.15, -0.1) is 0 Å². The highest BCUT2D eigenvalue weighted by molar-refractivity contribution is 5.92. The zero-order chi connectivity index (χ0) is 14.4. The summed E-state index contributed by atoms with van der Waals surface area (Å²) in [5, 5.41) is 0. The van der Waals surface area contributed by atoms with Crippen LogP contribution in [0.3, 0.4) is 0 Å². The second-order valence-electron chi connectivity index (χ2n) is 4.96. The average Bonchev–Trinajstić information content (AvgIpc) is 2.33. The Labute approximate surface area is 114 Å². The normalized spacial score (nSPS) is 10.6. The zero-order valence-corrected chi connectivity index (χ0v) is 12.1. The summed E-state index contributed by atoms with van der Waals surface area (Å²) >= 11 is 0. The number of carbonyl (C=O) groups excluding carboxylic acids is 1. The van der Waals surface area contributed by atoms with E-state index in [4.69, 9.17) is 10.5 Å². The Hall–Kier alpha value is -1.75. The molecule has 0 aliphatic carbocycles. The van der Waals surface area contributed by atoms with E-state index in [-0.39, 0.29) is 5.97 Å². The summed E-state index contributed by atoms with van der Waals surface area (Å²) in [6.45, 7) is 1.32. The Kier molecular flexibility index (Phi) is 5.63. The maximum absolute atomic E-state index is 11.8. The van der Waals surface area contributed by atoms with Crippen LogP contribution >= 0.6 is 0 Å². The third-order valence-corrected chi connectivity index (χ3v) is 2.73. The summed E-state index contributed by atoms with van der Waals surface area (Å²) in [6.07, 6.45) is 0.823. The third kappa shape index (κ3) is 4.79. The van der Waals surface area contributed by atoms with Crippen molar-refractivity contribution in [2.24, 2.45) is 0 Å². The average molecular weight is 265 g/mol. The summed E-state index contributed by atoms with van der Waals surface area (Å²) in [4.78, 5) is 15.8. The number of hydrogen-bond donors (Lipinski definition) is 1. The number of rotatable bonds is 6. The van der Waals surface area contributed by atoms with Crippen LogP contribution in [-0.2, 0) is 4.74 Å². The Morgan fingerprint density at radius 3 is 2.47 bits per heavy atom. The van der Waals surface area contributed by atoms with Gasteiger partial charge in [-0.2, -0.15) is 0 Å². The van der Waals surface area contributed by atoms with Gasteiger partial charge in [0, 0.05) is 20.6 Å². The predicted octanol–water partition coefficient (Wildman–Crippen LogP) is 1.44. The second kappa shape index (κ2) is 6.99. The molecule has 0 unspecified atom stereocenters. The van der Waals surface area contributed by atoms with Gasteiger partial charge in [0.2, 0.25) is 0 Å². The van der Waals surface area contributed by atoms with Crippen LogP contribution in [0, 0.1) is 0 Å². The predicted molar refractivity (Wildman–Crippen MR) is 78.6 cm³/mol. The maximum atomic E-state index is 11.8. The van der Waals surface area contributed by atoms with E-state index in [9.17, 15) is 4.79 Å². The number of anilines is 2. The molecule has 19 heavy (non-hydrogen) atoms. The molecule has 0 aliphatic heterocycles. The van der Waals surface area contributed by atoms with Crippen LogP contribution in [0.2, 0.25) is 0 Å². The van der Waals surface area contributed by atoms with E-state index in [1.54, 1.807) is 12.1 Å². The number of nitrogen functional groups attached to an aromatic ring is 1. The summed E-state index contributed by atoms with van der Waals surface area (Å²) < 4.78 is 5.20. The van der Waals surface area contributed by atoms with Gasteiger partial charge in [-0.1, -0.05) is 0 Å². The quantitative estimate of drug-likeness (QED) is 0.479. The fraction of sp³-hybridized carbons (Fsp3) is 0.500. The van der Waals surface area contributed by atoms with Crippen molar-refractivity contribution < 1.29 is 9.53 Å². The molecule has 0 aromatic heterocycles. The molecule has 0 fully saturated rings. The summed E-state index contributed by atoms with van der Waals surface area (Å²) in [7, 11) is 7.79. The van der Waals surface area contributed by atoms with Gasteiger partial charge in [-0.05, 0) is 38.7 Å². The third-order valence-electron chi connectivity index (χ3n) is 2.73. The first kappa shape index (κ1) is 15.3. The SMILES string of the molecule is CN(C)CCCOC(=O)c1ccc(N(C)C)c(N)c1. The molecule has 5 nitrogen and oxygen atoms in total. The molecule has 0 amide bonds. The summed E-state index contributed by atoms with van der Waals surface area (Å²) in [6, 6.07) is 5.22. The number of nitrogens with two attached hydrogens (primary N) is 1. The number of carbonyl (C=O) groups is 1. The Morgan fingerprint density at radius 1 is 1.26 bits per heavy atom. The van der Waals surface area contributed by atoms with Crippen molar-refractivity contribution in [2.75, 3.05) is 52.0 Å². The maximum Gasteiger partial charge on any atom is 0.338 e. The van der Waals surface area contributed by atoms with Crippen molar-refractivity contribution in [3.8, 4) is 0 Å². The minimum absolute atomic E-state index is 0.323. The molecule has 106 valence electrons. The van der Waals surface area contributed by atoms with Crippen LogP contribution in [0.15, 0.2) is 18.2 Å². The van der Waals surface area contributed by atoms with Gasteiger partial charge in [-0.25, -0.2) is 4.79 Å². The number of esters is 1. The first-order valence-electron chi connectivity index (χ1n) is 6.30. The lowest BCUT2D eigenvalue weighted by Crippen LogP contribution is -2.16. The monoisotopic (exact) mass is 265 g/mol. The van der Waals surface area contributed by atoms with Gasteiger partial charge in [-0.3, -0.25) is 0 Å². The Morgan fingerprint density at radius 2 is 1.95 bits per heavy atom. The molecule has 0 spiro atoms. The fourth-order valence-electron chi connectivity index (χ4n) is 1.72. The van der Waals surface area contributed by atoms with Gasteiger partial charge in [0.15, 0.2) is 0 Å². The molecule has 5 heteroatoms. The lowest BCUT2D eigenvalue weighted by Gasteiger charge is -2.15. The molecule has 0 bridgehead atoms. The van der Waals surface area contributed by atoms with Crippen LogP contribution in [-0.4, -0.2) is 52.2 Å². The fourth-order valence-corrected chi connectivity index (χ4v) is 1.72. The molecule has 0 saturated heterocycles. The van der Waals surface area contributed by atoms with E-state index in [1.807, 2.05) is 39.2 Å². The molecule has 1 rings (SSSR count). The number of ether oxygens (including phenoxy) is 1. The molecule has 0 aliphatic rings. The van der Waals surface area contributed by atoms with Crippen LogP contribution in [0.5, 0.6) is 0 Å². The molecule has 0 atom stereocenters. The number of hydrogen-bond acceptors (Lipinski definition) is 5. The largest absolute Gasteiger partial charge is 0.462 e. The molecule has 1 aromatic carbocycles. The van der Waals surface area contributed by atoms with E-state index < -0.39 is 0 Å². The Bertz CT molecular complexity index is 431. The first-order chi connectivity index (χ1) is 8.91. The van der Waals surface area contributed by atoms with Gasteiger partial charge in [0.1, 0.15) is 0 Å². The van der Waals surface area contributed by atoms with Crippen molar-refractivity contribution in [3.05, 3.63) is 23.8 Å². The van der Waals surface area contributed by atoms with E-state index >= 15 is 0 Å². The number of nitrogens with zero attached hydrogens (tertiary/aromatic N) is 2. The van der Waals surface area contributed by atoms with Gasteiger partial charge >= 0.3 is 5.97 Å². The Balaban J connectivity index is 2.56. The molecule has 0 saturated carbocycles. The zero-order valence-electron chi connectivity index (χ0n) is 12.1. The van der Waals surface area contributed by atoms with Crippen molar-refractivity contribution in [3.63, 3.8) is 0 Å². The van der Waals surface area contributed by atoms with Crippen LogP contribution in [0.25, 0.3) is 0 Å². The first-order valence-corrected chi connectivity index (χ1v) is 6.30. The highest BCUT2D eigenvalue weighted by atomic mass is 16.5. The van der Waals surface area contributed by atoms with Gasteiger partial charge < -0.3 is 20.3 Å². The van der Waals surface area contributed by atoms with Crippen molar-refractivity contribution in [1.29, 1.82) is 0 Å². The van der Waals surface area contributed by atoms with E-state index in [1.165, 1.54) is 0 Å². The molecule has 0 heterocycles. The summed E-state index contributed by atoms with van der Waals surface area (Å²) in [5.74, 6) is -0.323. The molecule has 0 radical (unpaired) electrons. The molecular formula is C14H23N3O2. The highest BCUT2D eigenvalue weighted by Crippen LogP contribution is 2.22. The van der Waals surface area contributed by atoms with Crippen LogP contribution < -0.4 is 10.6 Å². The highest BCUT2D eigenvalue weighted by Gasteiger charge is 2.10. The number of benzene rings is 1. The van der Waals surface area contributed by atoms with E-state index in [0.29, 0.717) is 17.9 Å². The van der Waals surface area contributed by atoms with Crippen LogP contribution in [0.1, 0.15) is 16.8 Å². The van der Waals surface area contributed by atoms with Crippen LogP contribution in [0.4, 0.5) is 11.4 Å². The lowest BCUT2D eigenvalue weighted by atomic mass is 10.1. The molecular weight excluding hydrogens is 242 g/mol. The minimum atomic E-state index is -0.323. The van der Waals surface area contributed by atoms with Crippen molar-refractivity contribution in [2.45, 2.75) is 6.42 Å². The van der Waals surface area contributed by atoms with Gasteiger partial charge in [0.25, 0.3) is 0 Å². The molecule has 1 aromatic rings. The van der Waals surface area contributed by atoms with Gasteiger partial charge in [0.05, 0.1) is 23.5 Å². The lowest BCUT2D eigenvalue weighted by molar-refractivity contribution is 0.0493. The van der Waals surface area contributed by atoms with E-state index in [2.05, 4.69) is 4.90 Å². The second-order valence-corrected chi connectivity index (χ2v) is 4.96. The summed E-state index contributed by atoms with van der Waals surface area (Å²) in [5.41, 5.74) is 7.86. The topological polar surface area (TPSA) is 58.8 Å². The van der Waals surface area contributed by atoms with E-state index in [0.717, 1.165) is 18.7 Å². The minimum Gasteiger partial charge on any atom is -0.462 e. The van der Waals surface area contributed by atoms with Crippen molar-refractivity contribution in [1.82, 2.24) is 4.90 Å².